The van der Waals surface area contributed by atoms with Gasteiger partial charge in [-0.25, -0.2) is 4.39 Å². The molecule has 1 aromatic carbocycles. The first-order valence-corrected chi connectivity index (χ1v) is 7.06. The SMILES string of the molecule is CC(NCCC(=O)NC(C)(C)C)c1ccc(Cl)c(F)c1. The van der Waals surface area contributed by atoms with E-state index >= 15 is 0 Å². The summed E-state index contributed by atoms with van der Waals surface area (Å²) in [6.07, 6.45) is 0.387. The molecular formula is C15H22ClFN2O. The number of hydrogen-bond donors (Lipinski definition) is 2. The van der Waals surface area contributed by atoms with Crippen molar-refractivity contribution in [1.29, 1.82) is 0 Å². The highest BCUT2D eigenvalue weighted by molar-refractivity contribution is 6.30. The lowest BCUT2D eigenvalue weighted by Gasteiger charge is -2.21. The van der Waals surface area contributed by atoms with Gasteiger partial charge >= 0.3 is 0 Å². The topological polar surface area (TPSA) is 41.1 Å². The van der Waals surface area contributed by atoms with Crippen LogP contribution in [0.15, 0.2) is 18.2 Å². The number of carbonyl (C=O) groups is 1. The molecule has 1 aromatic rings. The second-order valence-electron chi connectivity index (χ2n) is 5.90. The molecule has 0 aliphatic carbocycles. The fraction of sp³-hybridized carbons (Fsp3) is 0.533. The van der Waals surface area contributed by atoms with E-state index in [4.69, 9.17) is 11.6 Å². The number of halogens is 2. The Morgan fingerprint density at radius 2 is 2.05 bits per heavy atom. The molecule has 0 bridgehead atoms. The molecule has 0 saturated carbocycles. The summed E-state index contributed by atoms with van der Waals surface area (Å²) in [5, 5.41) is 6.20. The molecule has 0 heterocycles. The van der Waals surface area contributed by atoms with Crippen LogP contribution in [-0.2, 0) is 4.79 Å². The third kappa shape index (κ3) is 5.88. The number of amides is 1. The quantitative estimate of drug-likeness (QED) is 0.874. The number of rotatable bonds is 5. The van der Waals surface area contributed by atoms with Crippen molar-refractivity contribution in [3.8, 4) is 0 Å². The largest absolute Gasteiger partial charge is 0.351 e. The molecule has 1 rings (SSSR count). The highest BCUT2D eigenvalue weighted by Crippen LogP contribution is 2.19. The molecule has 0 aliphatic rings. The summed E-state index contributed by atoms with van der Waals surface area (Å²) in [5.41, 5.74) is 0.588. The minimum Gasteiger partial charge on any atom is -0.351 e. The molecule has 0 spiro atoms. The first kappa shape index (κ1) is 16.9. The van der Waals surface area contributed by atoms with Crippen molar-refractivity contribution in [3.05, 3.63) is 34.6 Å². The molecule has 0 aromatic heterocycles. The van der Waals surface area contributed by atoms with Gasteiger partial charge in [0.25, 0.3) is 0 Å². The van der Waals surface area contributed by atoms with Crippen LogP contribution in [0.2, 0.25) is 5.02 Å². The summed E-state index contributed by atoms with van der Waals surface area (Å²) in [6, 6.07) is 4.69. The minimum atomic E-state index is -0.428. The zero-order valence-electron chi connectivity index (χ0n) is 12.4. The van der Waals surface area contributed by atoms with E-state index in [0.29, 0.717) is 13.0 Å². The second-order valence-corrected chi connectivity index (χ2v) is 6.30. The maximum Gasteiger partial charge on any atom is 0.221 e. The van der Waals surface area contributed by atoms with Crippen molar-refractivity contribution in [2.45, 2.75) is 45.7 Å². The second kappa shape index (κ2) is 7.04. The van der Waals surface area contributed by atoms with E-state index < -0.39 is 5.82 Å². The van der Waals surface area contributed by atoms with Gasteiger partial charge in [-0.05, 0) is 45.4 Å². The Kier molecular flexibility index (Phi) is 5.96. The summed E-state index contributed by atoms with van der Waals surface area (Å²) >= 11 is 5.64. The van der Waals surface area contributed by atoms with Crippen LogP contribution in [0.1, 0.15) is 45.7 Å². The summed E-state index contributed by atoms with van der Waals surface area (Å²) in [7, 11) is 0. The zero-order valence-corrected chi connectivity index (χ0v) is 13.1. The van der Waals surface area contributed by atoms with Crippen molar-refractivity contribution in [1.82, 2.24) is 10.6 Å². The number of nitrogens with one attached hydrogen (secondary N) is 2. The predicted molar refractivity (Wildman–Crippen MR) is 80.3 cm³/mol. The van der Waals surface area contributed by atoms with E-state index in [2.05, 4.69) is 10.6 Å². The average Bonchev–Trinajstić information content (AvgIpc) is 2.30. The highest BCUT2D eigenvalue weighted by Gasteiger charge is 2.14. The van der Waals surface area contributed by atoms with Gasteiger partial charge in [0.2, 0.25) is 5.91 Å². The van der Waals surface area contributed by atoms with E-state index in [1.54, 1.807) is 6.07 Å². The van der Waals surface area contributed by atoms with Crippen molar-refractivity contribution < 1.29 is 9.18 Å². The molecule has 1 unspecified atom stereocenters. The van der Waals surface area contributed by atoms with Gasteiger partial charge in [-0.15, -0.1) is 0 Å². The Labute approximate surface area is 124 Å². The minimum absolute atomic E-state index is 0.000475. The Morgan fingerprint density at radius 3 is 2.60 bits per heavy atom. The lowest BCUT2D eigenvalue weighted by molar-refractivity contribution is -0.122. The molecule has 2 N–H and O–H groups in total. The number of benzene rings is 1. The molecular weight excluding hydrogens is 279 g/mol. The van der Waals surface area contributed by atoms with E-state index in [-0.39, 0.29) is 22.5 Å². The molecule has 3 nitrogen and oxygen atoms in total. The van der Waals surface area contributed by atoms with Crippen LogP contribution in [-0.4, -0.2) is 18.0 Å². The van der Waals surface area contributed by atoms with Crippen LogP contribution in [0.5, 0.6) is 0 Å². The number of hydrogen-bond acceptors (Lipinski definition) is 2. The van der Waals surface area contributed by atoms with Gasteiger partial charge < -0.3 is 10.6 Å². The maximum atomic E-state index is 13.4. The molecule has 0 aliphatic heterocycles. The molecule has 5 heteroatoms. The Hall–Kier alpha value is -1.13. The number of carbonyl (C=O) groups excluding carboxylic acids is 1. The van der Waals surface area contributed by atoms with Gasteiger partial charge in [0, 0.05) is 24.5 Å². The average molecular weight is 301 g/mol. The van der Waals surface area contributed by atoms with Gasteiger partial charge in [0.05, 0.1) is 5.02 Å². The lowest BCUT2D eigenvalue weighted by Crippen LogP contribution is -2.41. The van der Waals surface area contributed by atoms with E-state index in [1.807, 2.05) is 27.7 Å². The molecule has 1 atom stereocenters. The van der Waals surface area contributed by atoms with Crippen LogP contribution >= 0.6 is 11.6 Å². The maximum absolute atomic E-state index is 13.4. The van der Waals surface area contributed by atoms with Crippen molar-refractivity contribution in [2.24, 2.45) is 0 Å². The molecule has 0 radical (unpaired) electrons. The van der Waals surface area contributed by atoms with Crippen molar-refractivity contribution >= 4 is 17.5 Å². The van der Waals surface area contributed by atoms with E-state index in [1.165, 1.54) is 12.1 Å². The van der Waals surface area contributed by atoms with Crippen molar-refractivity contribution in [3.63, 3.8) is 0 Å². The molecule has 20 heavy (non-hydrogen) atoms. The van der Waals surface area contributed by atoms with Crippen molar-refractivity contribution in [2.75, 3.05) is 6.54 Å². The molecule has 112 valence electrons. The molecule has 1 amide bonds. The van der Waals surface area contributed by atoms with Crippen LogP contribution in [0.25, 0.3) is 0 Å². The van der Waals surface area contributed by atoms with Gasteiger partial charge in [-0.3, -0.25) is 4.79 Å². The van der Waals surface area contributed by atoms with Gasteiger partial charge in [0.15, 0.2) is 0 Å². The van der Waals surface area contributed by atoms with Crippen LogP contribution in [0.3, 0.4) is 0 Å². The molecule has 0 saturated heterocycles. The van der Waals surface area contributed by atoms with E-state index in [0.717, 1.165) is 5.56 Å². The Bertz CT molecular complexity index is 471. The summed E-state index contributed by atoms with van der Waals surface area (Å²) in [5.74, 6) is -0.428. The van der Waals surface area contributed by atoms with Crippen LogP contribution in [0.4, 0.5) is 4.39 Å². The highest BCUT2D eigenvalue weighted by atomic mass is 35.5. The summed E-state index contributed by atoms with van der Waals surface area (Å²) in [6.45, 7) is 8.28. The summed E-state index contributed by atoms with van der Waals surface area (Å²) < 4.78 is 13.4. The van der Waals surface area contributed by atoms with Crippen LogP contribution < -0.4 is 10.6 Å². The third-order valence-electron chi connectivity index (χ3n) is 2.76. The van der Waals surface area contributed by atoms with E-state index in [9.17, 15) is 9.18 Å². The van der Waals surface area contributed by atoms with Crippen LogP contribution in [0, 0.1) is 5.82 Å². The van der Waals surface area contributed by atoms with Gasteiger partial charge in [-0.2, -0.15) is 0 Å². The monoisotopic (exact) mass is 300 g/mol. The zero-order chi connectivity index (χ0) is 15.3. The fourth-order valence-corrected chi connectivity index (χ4v) is 1.90. The first-order chi connectivity index (χ1) is 9.19. The standard InChI is InChI=1S/C15H22ClFN2O/c1-10(11-5-6-12(16)13(17)9-11)18-8-7-14(20)19-15(2,3)4/h5-6,9-10,18H,7-8H2,1-4H3,(H,19,20). The van der Waals surface area contributed by atoms with Gasteiger partial charge in [0.1, 0.15) is 5.82 Å². The first-order valence-electron chi connectivity index (χ1n) is 6.68. The molecule has 0 fully saturated rings. The normalized spacial score (nSPS) is 13.1. The Balaban J connectivity index is 2.42. The summed E-state index contributed by atoms with van der Waals surface area (Å²) in [4.78, 5) is 11.6. The third-order valence-corrected chi connectivity index (χ3v) is 3.07. The van der Waals surface area contributed by atoms with Gasteiger partial charge in [-0.1, -0.05) is 17.7 Å². The predicted octanol–water partition coefficient (Wildman–Crippen LogP) is 3.43. The Morgan fingerprint density at radius 1 is 1.40 bits per heavy atom. The fourth-order valence-electron chi connectivity index (χ4n) is 1.78. The lowest BCUT2D eigenvalue weighted by atomic mass is 10.1. The smallest absolute Gasteiger partial charge is 0.221 e.